The van der Waals surface area contributed by atoms with Gasteiger partial charge in [-0.1, -0.05) is 6.82 Å². The summed E-state index contributed by atoms with van der Waals surface area (Å²) in [6.45, 7) is 2.16. The van der Waals surface area contributed by atoms with E-state index in [2.05, 4.69) is 4.89 Å². The summed E-state index contributed by atoms with van der Waals surface area (Å²) in [4.78, 5) is 2.89. The zero-order valence-electron chi connectivity index (χ0n) is 4.42. The summed E-state index contributed by atoms with van der Waals surface area (Å²) >= 11 is 16.3. The average Bonchev–Trinajstić information content (AvgIpc) is 1.65. The molecule has 0 aromatic heterocycles. The summed E-state index contributed by atoms with van der Waals surface area (Å²) in [6.07, 6.45) is 0. The summed E-state index contributed by atoms with van der Waals surface area (Å²) in [6, 6.07) is 0. The first-order valence-electron chi connectivity index (χ1n) is 2.17. The number of rotatable bonds is 3. The normalized spacial score (nSPS) is 10.1. The number of nitrogens with one attached hydrogen (secondary N) is 1. The van der Waals surface area contributed by atoms with Gasteiger partial charge in [-0.05, 0) is 0 Å². The van der Waals surface area contributed by atoms with Crippen molar-refractivity contribution in [3.8, 4) is 0 Å². The maximum atomic E-state index is 5.45. The molecule has 6 heteroatoms. The van der Waals surface area contributed by atoms with Gasteiger partial charge in [-0.25, -0.2) is 0 Å². The highest BCUT2D eigenvalue weighted by Gasteiger charge is 2.10. The fourth-order valence-electron chi connectivity index (χ4n) is 0.225. The van der Waals surface area contributed by atoms with Crippen molar-refractivity contribution in [2.24, 2.45) is 0 Å². The molecule has 0 aromatic carbocycles. The van der Waals surface area contributed by atoms with Crippen molar-refractivity contribution in [1.82, 2.24) is 4.89 Å². The average molecular weight is 189 g/mol. The Morgan fingerprint density at radius 1 is 1.62 bits per heavy atom. The molecule has 0 heterocycles. The molecule has 0 fully saturated rings. The molecular formula is C2H6BCl3NSi. The molecule has 0 amide bonds. The van der Waals surface area contributed by atoms with E-state index in [0.29, 0.717) is 5.78 Å². The van der Waals surface area contributed by atoms with Gasteiger partial charge in [0.25, 0.3) is 0 Å². The third kappa shape index (κ3) is 5.25. The van der Waals surface area contributed by atoms with E-state index in [-0.39, 0.29) is 6.85 Å². The highest BCUT2D eigenvalue weighted by atomic mass is 35.7. The summed E-state index contributed by atoms with van der Waals surface area (Å²) < 4.78 is 0. The predicted octanol–water partition coefficient (Wildman–Crippen LogP) is 1.44. The van der Waals surface area contributed by atoms with Crippen molar-refractivity contribution in [2.45, 2.75) is 6.82 Å². The van der Waals surface area contributed by atoms with Crippen LogP contribution in [0.25, 0.3) is 0 Å². The summed E-state index contributed by atoms with van der Waals surface area (Å²) in [5.74, 6) is 0.549. The number of halogens is 3. The molecular weight excluding hydrogens is 183 g/mol. The van der Waals surface area contributed by atoms with Gasteiger partial charge in [0.05, 0.1) is 0 Å². The van der Waals surface area contributed by atoms with Gasteiger partial charge in [-0.15, -0.1) is 33.8 Å². The fraction of sp³-hybridized carbons (Fsp3) is 1.00. The van der Waals surface area contributed by atoms with Crippen LogP contribution in [0.4, 0.5) is 0 Å². The highest BCUT2D eigenvalue weighted by Crippen LogP contribution is 1.91. The molecule has 0 saturated carbocycles. The van der Waals surface area contributed by atoms with Gasteiger partial charge in [0, 0.05) is 5.78 Å². The van der Waals surface area contributed by atoms with Crippen LogP contribution in [0.5, 0.6) is 0 Å². The van der Waals surface area contributed by atoms with Crippen LogP contribution in [-0.4, -0.2) is 20.2 Å². The molecule has 1 nitrogen and oxygen atoms in total. The van der Waals surface area contributed by atoms with Gasteiger partial charge in [-0.2, -0.15) is 0 Å². The minimum absolute atomic E-state index is 0.223. The van der Waals surface area contributed by atoms with Crippen LogP contribution >= 0.6 is 33.8 Å². The first-order valence-corrected chi connectivity index (χ1v) is 6.23. The second-order valence-electron chi connectivity index (χ2n) is 1.46. The van der Waals surface area contributed by atoms with Gasteiger partial charge in [0.2, 0.25) is 6.85 Å². The van der Waals surface area contributed by atoms with Crippen LogP contribution in [-0.2, 0) is 0 Å². The van der Waals surface area contributed by atoms with Crippen LogP contribution < -0.4 is 4.89 Å². The molecule has 0 aromatic rings. The van der Waals surface area contributed by atoms with Crippen LogP contribution in [0.3, 0.4) is 0 Å². The molecule has 0 aliphatic carbocycles. The van der Waals surface area contributed by atoms with E-state index in [1.165, 1.54) is 0 Å². The largest absolute Gasteiger partial charge is 0.353 e. The Balaban J connectivity index is 3.10. The maximum absolute atomic E-state index is 5.45. The Labute approximate surface area is 65.9 Å². The van der Waals surface area contributed by atoms with Gasteiger partial charge in [-0.3, -0.25) is 0 Å². The third-order valence-corrected chi connectivity index (χ3v) is 2.42. The molecule has 1 N–H and O–H groups in total. The molecule has 0 aliphatic heterocycles. The van der Waals surface area contributed by atoms with Crippen LogP contribution in [0.2, 0.25) is 6.82 Å². The molecule has 0 saturated heterocycles. The van der Waals surface area contributed by atoms with Crippen molar-refractivity contribution in [3.05, 3.63) is 0 Å². The van der Waals surface area contributed by atoms with Crippen molar-refractivity contribution < 1.29 is 0 Å². The Morgan fingerprint density at radius 3 is 2.25 bits per heavy atom. The molecule has 0 spiro atoms. The van der Waals surface area contributed by atoms with Crippen LogP contribution in [0.15, 0.2) is 0 Å². The smallest absolute Gasteiger partial charge is 0.346 e. The molecule has 0 bridgehead atoms. The second kappa shape index (κ2) is 4.94. The second-order valence-corrected chi connectivity index (χ2v) is 5.43. The van der Waals surface area contributed by atoms with E-state index in [0.717, 1.165) is 0 Å². The molecule has 0 atom stereocenters. The first-order chi connectivity index (χ1) is 3.66. The minimum atomic E-state index is -1.34. The van der Waals surface area contributed by atoms with E-state index < -0.39 is 7.58 Å². The number of hydrogen-bond acceptors (Lipinski definition) is 1. The lowest BCUT2D eigenvalue weighted by atomic mass is 9.70. The predicted molar refractivity (Wildman–Crippen MR) is 42.9 cm³/mol. The lowest BCUT2D eigenvalue weighted by Gasteiger charge is -2.03. The van der Waals surface area contributed by atoms with E-state index in [1.807, 2.05) is 6.82 Å². The minimum Gasteiger partial charge on any atom is -0.353 e. The van der Waals surface area contributed by atoms with Gasteiger partial charge < -0.3 is 4.89 Å². The molecule has 0 unspecified atom stereocenters. The SMILES string of the molecule is CB(CCl)N[Si](Cl)Cl. The van der Waals surface area contributed by atoms with Gasteiger partial charge in [0.15, 0.2) is 0 Å². The quantitative estimate of drug-likeness (QED) is 0.402. The topological polar surface area (TPSA) is 12.0 Å². The number of alkyl halides is 1. The van der Waals surface area contributed by atoms with Crippen molar-refractivity contribution in [1.29, 1.82) is 0 Å². The van der Waals surface area contributed by atoms with Crippen molar-refractivity contribution >= 4 is 48.2 Å². The molecule has 8 heavy (non-hydrogen) atoms. The lowest BCUT2D eigenvalue weighted by molar-refractivity contribution is 1.50. The lowest BCUT2D eigenvalue weighted by Crippen LogP contribution is -2.38. The zero-order chi connectivity index (χ0) is 6.57. The fourth-order valence-corrected chi connectivity index (χ4v) is 2.02. The van der Waals surface area contributed by atoms with Gasteiger partial charge in [0.1, 0.15) is 0 Å². The Bertz CT molecular complexity index is 63.2. The zero-order valence-corrected chi connectivity index (χ0v) is 7.69. The van der Waals surface area contributed by atoms with E-state index in [1.54, 1.807) is 0 Å². The summed E-state index contributed by atoms with van der Waals surface area (Å²) in [7, 11) is -1.34. The Kier molecular flexibility index (Phi) is 5.63. The monoisotopic (exact) mass is 188 g/mol. The summed E-state index contributed by atoms with van der Waals surface area (Å²) in [5, 5.41) is 0. The maximum Gasteiger partial charge on any atom is 0.346 e. The van der Waals surface area contributed by atoms with E-state index in [9.17, 15) is 0 Å². The van der Waals surface area contributed by atoms with E-state index >= 15 is 0 Å². The van der Waals surface area contributed by atoms with Crippen molar-refractivity contribution in [2.75, 3.05) is 5.78 Å². The molecule has 1 radical (unpaired) electrons. The highest BCUT2D eigenvalue weighted by molar-refractivity contribution is 7.34. The molecule has 47 valence electrons. The number of hydrogen-bond donors (Lipinski definition) is 1. The van der Waals surface area contributed by atoms with Crippen LogP contribution in [0, 0.1) is 0 Å². The first kappa shape index (κ1) is 9.11. The Morgan fingerprint density at radius 2 is 2.12 bits per heavy atom. The van der Waals surface area contributed by atoms with Crippen molar-refractivity contribution in [3.63, 3.8) is 0 Å². The molecule has 0 rings (SSSR count). The third-order valence-electron chi connectivity index (χ3n) is 0.587. The molecule has 0 aliphatic rings. The standard InChI is InChI=1S/C2H6BCl3NSi/c1-3(2-4)7-8(5)6/h7H,2H2,1H3. The van der Waals surface area contributed by atoms with E-state index in [4.69, 9.17) is 33.8 Å². The van der Waals surface area contributed by atoms with Crippen LogP contribution in [0.1, 0.15) is 0 Å². The summed E-state index contributed by atoms with van der Waals surface area (Å²) in [5.41, 5.74) is 0. The Hall–Kier alpha value is 1.11. The van der Waals surface area contributed by atoms with Gasteiger partial charge >= 0.3 is 7.58 Å².